The average Bonchev–Trinajstić information content (AvgIpc) is 3.02. The van der Waals surface area contributed by atoms with Crippen molar-refractivity contribution < 1.29 is 9.90 Å². The third-order valence-corrected chi connectivity index (χ3v) is 2.90. The molecule has 2 aromatic rings. The highest BCUT2D eigenvalue weighted by atomic mass is 16.4. The first-order chi connectivity index (χ1) is 8.25. The first-order valence-corrected chi connectivity index (χ1v) is 5.52. The molecule has 0 aromatic carbocycles. The summed E-state index contributed by atoms with van der Waals surface area (Å²) in [5.41, 5.74) is 0.742. The fourth-order valence-electron chi connectivity index (χ4n) is 2.00. The number of fused-ring (bicyclic) bond motifs is 1. The highest BCUT2D eigenvalue weighted by Crippen LogP contribution is 2.33. The van der Waals surface area contributed by atoms with E-state index in [1.807, 2.05) is 11.0 Å². The standard InChI is InChI=1S/C11H12N4O2/c16-9(17)5-15(7-1-2-7)11-8-3-4-12-10(8)13-6-14-11/h3-4,6-7H,1-2,5H2,(H,16,17)(H,12,13,14). The second-order valence-corrected chi connectivity index (χ2v) is 4.19. The van der Waals surface area contributed by atoms with E-state index in [1.54, 1.807) is 6.20 Å². The zero-order chi connectivity index (χ0) is 11.8. The van der Waals surface area contributed by atoms with Gasteiger partial charge in [-0.25, -0.2) is 9.97 Å². The van der Waals surface area contributed by atoms with E-state index in [-0.39, 0.29) is 6.54 Å². The van der Waals surface area contributed by atoms with Gasteiger partial charge in [0.25, 0.3) is 0 Å². The van der Waals surface area contributed by atoms with Crippen molar-refractivity contribution in [3.8, 4) is 0 Å². The molecule has 0 bridgehead atoms. The lowest BCUT2D eigenvalue weighted by Crippen LogP contribution is -2.32. The number of hydrogen-bond donors (Lipinski definition) is 2. The molecule has 17 heavy (non-hydrogen) atoms. The smallest absolute Gasteiger partial charge is 0.323 e. The van der Waals surface area contributed by atoms with Crippen molar-refractivity contribution in [2.45, 2.75) is 18.9 Å². The monoisotopic (exact) mass is 232 g/mol. The zero-order valence-corrected chi connectivity index (χ0v) is 9.13. The number of nitrogens with zero attached hydrogens (tertiary/aromatic N) is 3. The summed E-state index contributed by atoms with van der Waals surface area (Å²) >= 11 is 0. The highest BCUT2D eigenvalue weighted by Gasteiger charge is 2.32. The largest absolute Gasteiger partial charge is 0.480 e. The van der Waals surface area contributed by atoms with Gasteiger partial charge in [-0.1, -0.05) is 0 Å². The molecule has 88 valence electrons. The van der Waals surface area contributed by atoms with Crippen LogP contribution in [-0.2, 0) is 4.79 Å². The maximum Gasteiger partial charge on any atom is 0.323 e. The Kier molecular flexibility index (Phi) is 2.21. The number of nitrogens with one attached hydrogen (secondary N) is 1. The number of aromatic nitrogens is 3. The van der Waals surface area contributed by atoms with Gasteiger partial charge >= 0.3 is 5.97 Å². The fourth-order valence-corrected chi connectivity index (χ4v) is 2.00. The Morgan fingerprint density at radius 1 is 1.53 bits per heavy atom. The van der Waals surface area contributed by atoms with Crippen LogP contribution < -0.4 is 4.90 Å². The molecule has 0 saturated heterocycles. The van der Waals surface area contributed by atoms with E-state index < -0.39 is 5.97 Å². The number of aliphatic carboxylic acids is 1. The topological polar surface area (TPSA) is 82.1 Å². The van der Waals surface area contributed by atoms with Gasteiger partial charge in [-0.2, -0.15) is 0 Å². The molecule has 2 aromatic heterocycles. The van der Waals surface area contributed by atoms with Crippen LogP contribution in [0.1, 0.15) is 12.8 Å². The van der Waals surface area contributed by atoms with Crippen LogP contribution in [-0.4, -0.2) is 38.6 Å². The minimum Gasteiger partial charge on any atom is -0.480 e. The Balaban J connectivity index is 2.04. The normalized spacial score (nSPS) is 15.1. The van der Waals surface area contributed by atoms with Gasteiger partial charge in [-0.05, 0) is 18.9 Å². The lowest BCUT2D eigenvalue weighted by Gasteiger charge is -2.21. The predicted molar refractivity (Wildman–Crippen MR) is 61.9 cm³/mol. The quantitative estimate of drug-likeness (QED) is 0.822. The van der Waals surface area contributed by atoms with Crippen molar-refractivity contribution in [1.29, 1.82) is 0 Å². The van der Waals surface area contributed by atoms with Crippen molar-refractivity contribution in [1.82, 2.24) is 15.0 Å². The Morgan fingerprint density at radius 3 is 3.06 bits per heavy atom. The average molecular weight is 232 g/mol. The summed E-state index contributed by atoms with van der Waals surface area (Å²) in [4.78, 5) is 24.1. The molecule has 6 nitrogen and oxygen atoms in total. The van der Waals surface area contributed by atoms with Crippen LogP contribution in [0.4, 0.5) is 5.82 Å². The van der Waals surface area contributed by atoms with E-state index in [1.165, 1.54) is 6.33 Å². The molecule has 2 heterocycles. The molecule has 0 unspecified atom stereocenters. The first-order valence-electron chi connectivity index (χ1n) is 5.52. The van der Waals surface area contributed by atoms with Gasteiger partial charge in [-0.15, -0.1) is 0 Å². The molecule has 0 radical (unpaired) electrons. The molecule has 1 fully saturated rings. The van der Waals surface area contributed by atoms with E-state index in [0.717, 1.165) is 23.9 Å². The van der Waals surface area contributed by atoms with Crippen LogP contribution >= 0.6 is 0 Å². The van der Waals surface area contributed by atoms with Crippen molar-refractivity contribution in [2.24, 2.45) is 0 Å². The lowest BCUT2D eigenvalue weighted by molar-refractivity contribution is -0.135. The number of carboxylic acid groups (broad SMARTS) is 1. The van der Waals surface area contributed by atoms with Crippen LogP contribution in [0, 0.1) is 0 Å². The summed E-state index contributed by atoms with van der Waals surface area (Å²) in [5, 5.41) is 9.83. The van der Waals surface area contributed by atoms with E-state index >= 15 is 0 Å². The summed E-state index contributed by atoms with van der Waals surface area (Å²) in [7, 11) is 0. The molecule has 2 N–H and O–H groups in total. The lowest BCUT2D eigenvalue weighted by atomic mass is 10.3. The third-order valence-electron chi connectivity index (χ3n) is 2.90. The summed E-state index contributed by atoms with van der Waals surface area (Å²) in [6.45, 7) is -0.0119. The molecule has 0 aliphatic heterocycles. The summed E-state index contributed by atoms with van der Waals surface area (Å²) < 4.78 is 0. The summed E-state index contributed by atoms with van der Waals surface area (Å²) in [6, 6.07) is 2.18. The Labute approximate surface area is 97.3 Å². The molecule has 0 spiro atoms. The highest BCUT2D eigenvalue weighted by molar-refractivity contribution is 5.89. The molecule has 3 rings (SSSR count). The van der Waals surface area contributed by atoms with Gasteiger partial charge in [0.2, 0.25) is 0 Å². The van der Waals surface area contributed by atoms with Crippen molar-refractivity contribution >= 4 is 22.8 Å². The Morgan fingerprint density at radius 2 is 2.35 bits per heavy atom. The number of hydrogen-bond acceptors (Lipinski definition) is 4. The van der Waals surface area contributed by atoms with Crippen LogP contribution in [0.2, 0.25) is 0 Å². The van der Waals surface area contributed by atoms with E-state index in [4.69, 9.17) is 5.11 Å². The van der Waals surface area contributed by atoms with Crippen LogP contribution in [0.25, 0.3) is 11.0 Å². The number of carboxylic acids is 1. The minimum absolute atomic E-state index is 0.0119. The maximum atomic E-state index is 10.9. The number of H-pyrrole nitrogens is 1. The fraction of sp³-hybridized carbons (Fsp3) is 0.364. The molecular weight excluding hydrogens is 220 g/mol. The van der Waals surface area contributed by atoms with E-state index in [2.05, 4.69) is 15.0 Å². The maximum absolute atomic E-state index is 10.9. The number of aromatic amines is 1. The van der Waals surface area contributed by atoms with Crippen molar-refractivity contribution in [3.05, 3.63) is 18.6 Å². The molecule has 1 aliphatic carbocycles. The third kappa shape index (κ3) is 1.82. The van der Waals surface area contributed by atoms with Gasteiger partial charge in [-0.3, -0.25) is 4.79 Å². The van der Waals surface area contributed by atoms with E-state index in [9.17, 15) is 4.79 Å². The first kappa shape index (κ1) is 10.1. The SMILES string of the molecule is O=C(O)CN(c1ncnc2[nH]ccc12)C1CC1. The Bertz CT molecular complexity index is 561. The molecule has 1 aliphatic rings. The van der Waals surface area contributed by atoms with Gasteiger partial charge in [0.05, 0.1) is 5.39 Å². The molecular formula is C11H12N4O2. The zero-order valence-electron chi connectivity index (χ0n) is 9.13. The predicted octanol–water partition coefficient (Wildman–Crippen LogP) is 1.01. The number of carbonyl (C=O) groups is 1. The van der Waals surface area contributed by atoms with Gasteiger partial charge in [0.15, 0.2) is 0 Å². The van der Waals surface area contributed by atoms with Gasteiger partial charge in [0.1, 0.15) is 24.3 Å². The number of rotatable bonds is 4. The second-order valence-electron chi connectivity index (χ2n) is 4.19. The summed E-state index contributed by atoms with van der Waals surface area (Å²) in [5.74, 6) is -0.125. The molecule has 1 saturated carbocycles. The number of anilines is 1. The van der Waals surface area contributed by atoms with E-state index in [0.29, 0.717) is 11.9 Å². The van der Waals surface area contributed by atoms with Crippen molar-refractivity contribution in [3.63, 3.8) is 0 Å². The van der Waals surface area contributed by atoms with Crippen LogP contribution in [0.15, 0.2) is 18.6 Å². The van der Waals surface area contributed by atoms with Gasteiger partial charge in [0, 0.05) is 12.2 Å². The minimum atomic E-state index is -0.834. The molecule has 6 heteroatoms. The van der Waals surface area contributed by atoms with Crippen LogP contribution in [0.3, 0.4) is 0 Å². The molecule has 0 amide bonds. The second kappa shape index (κ2) is 3.73. The summed E-state index contributed by atoms with van der Waals surface area (Å²) in [6.07, 6.45) is 5.31. The van der Waals surface area contributed by atoms with Crippen molar-refractivity contribution in [2.75, 3.05) is 11.4 Å². The van der Waals surface area contributed by atoms with Crippen LogP contribution in [0.5, 0.6) is 0 Å². The Hall–Kier alpha value is -2.11. The van der Waals surface area contributed by atoms with Gasteiger partial charge < -0.3 is 15.0 Å². The molecule has 0 atom stereocenters.